The first-order chi connectivity index (χ1) is 33.7. The van der Waals surface area contributed by atoms with E-state index in [9.17, 15) is 33.6 Å². The number of carbonyl (C=O) groups is 7. The molecule has 11 atom stereocenters. The number of nitrogens with zero attached hydrogens (tertiary/aromatic N) is 3. The van der Waals surface area contributed by atoms with E-state index in [0.29, 0.717) is 31.1 Å². The Bertz CT molecular complexity index is 2180. The molecular formula is C55H74N4O11. The number of ether oxygens (including phenoxy) is 2. The summed E-state index contributed by atoms with van der Waals surface area (Å²) in [5.41, 5.74) is 1.88. The van der Waals surface area contributed by atoms with Gasteiger partial charge in [-0.2, -0.15) is 0 Å². The molecule has 0 spiro atoms. The second-order valence-corrected chi connectivity index (χ2v) is 20.0. The predicted octanol–water partition coefficient (Wildman–Crippen LogP) is 7.10. The van der Waals surface area contributed by atoms with Gasteiger partial charge in [0.2, 0.25) is 23.5 Å². The Balaban J connectivity index is 0.000000186. The van der Waals surface area contributed by atoms with E-state index in [0.717, 1.165) is 88.2 Å². The second kappa shape index (κ2) is 25.9. The zero-order valence-corrected chi connectivity index (χ0v) is 41.5. The van der Waals surface area contributed by atoms with E-state index < -0.39 is 42.0 Å². The van der Waals surface area contributed by atoms with Crippen molar-refractivity contribution in [1.29, 1.82) is 0 Å². The van der Waals surface area contributed by atoms with Gasteiger partial charge >= 0.3 is 17.9 Å². The molecule has 3 N–H and O–H groups in total. The number of hydrogen-bond donors (Lipinski definition) is 3. The molecule has 3 saturated carbocycles. The van der Waals surface area contributed by atoms with E-state index in [2.05, 4.69) is 11.2 Å². The lowest BCUT2D eigenvalue weighted by Crippen LogP contribution is -2.55. The number of rotatable bonds is 13. The van der Waals surface area contributed by atoms with Gasteiger partial charge < -0.3 is 34.4 Å². The molecule has 2 aromatic rings. The number of likely N-dealkylation sites (tertiary alicyclic amines) is 3. The number of carbonyl (C=O) groups excluding carboxylic acids is 6. The average Bonchev–Trinajstić information content (AvgIpc) is 4.08. The number of aliphatic hydroxyl groups is 1. The normalized spacial score (nSPS) is 27.2. The summed E-state index contributed by atoms with van der Waals surface area (Å²) < 4.78 is 11.1. The van der Waals surface area contributed by atoms with Crippen LogP contribution in [0.1, 0.15) is 148 Å². The third kappa shape index (κ3) is 13.6. The summed E-state index contributed by atoms with van der Waals surface area (Å²) in [5, 5.41) is 21.0. The van der Waals surface area contributed by atoms with Crippen molar-refractivity contribution < 1.29 is 53.2 Å². The molecule has 3 saturated heterocycles. The first-order valence-electron chi connectivity index (χ1n) is 25.7. The lowest BCUT2D eigenvalue weighted by atomic mass is 9.84. The molecule has 0 radical (unpaired) electrons. The van der Waals surface area contributed by atoms with Gasteiger partial charge in [0.25, 0.3) is 0 Å². The predicted molar refractivity (Wildman–Crippen MR) is 260 cm³/mol. The highest BCUT2D eigenvalue weighted by atomic mass is 16.5. The lowest BCUT2D eigenvalue weighted by Gasteiger charge is -2.35. The monoisotopic (exact) mass is 967 g/mol. The van der Waals surface area contributed by atoms with Crippen molar-refractivity contribution in [1.82, 2.24) is 20.0 Å². The molecule has 3 aliphatic carbocycles. The van der Waals surface area contributed by atoms with Crippen LogP contribution in [0.25, 0.3) is 0 Å². The van der Waals surface area contributed by atoms with E-state index in [1.165, 1.54) is 19.8 Å². The number of carboxylic acid groups (broad SMARTS) is 1. The Morgan fingerprint density at radius 2 is 1.03 bits per heavy atom. The van der Waals surface area contributed by atoms with Gasteiger partial charge in [0.15, 0.2) is 0 Å². The molecule has 15 nitrogen and oxygen atoms in total. The minimum atomic E-state index is -0.848. The topological polar surface area (TPSA) is 200 Å². The van der Waals surface area contributed by atoms with Gasteiger partial charge in [0, 0.05) is 37.9 Å². The molecule has 3 amide bonds. The summed E-state index contributed by atoms with van der Waals surface area (Å²) in [4.78, 5) is 91.0. The molecule has 3 aliphatic heterocycles. The van der Waals surface area contributed by atoms with Crippen LogP contribution in [0.2, 0.25) is 0 Å². The molecule has 0 bridgehead atoms. The van der Waals surface area contributed by atoms with Crippen molar-refractivity contribution >= 4 is 41.4 Å². The Morgan fingerprint density at radius 3 is 1.44 bits per heavy atom. The van der Waals surface area contributed by atoms with E-state index in [1.807, 2.05) is 67.6 Å². The number of amides is 3. The van der Waals surface area contributed by atoms with Crippen LogP contribution in [0.5, 0.6) is 0 Å². The number of Topliss-reactive ketones (excluding diaryl/α,β-unsaturated/α-hetero) is 1. The number of carboxylic acids is 1. The van der Waals surface area contributed by atoms with Crippen molar-refractivity contribution in [2.75, 3.05) is 0 Å². The van der Waals surface area contributed by atoms with Crippen molar-refractivity contribution in [3.63, 3.8) is 0 Å². The van der Waals surface area contributed by atoms with Gasteiger partial charge in [0.05, 0.1) is 12.1 Å². The largest absolute Gasteiger partial charge is 0.480 e. The number of ketones is 1. The highest BCUT2D eigenvalue weighted by Gasteiger charge is 2.50. The van der Waals surface area contributed by atoms with Crippen LogP contribution in [0.3, 0.4) is 0 Å². The quantitative estimate of drug-likeness (QED) is 0.136. The van der Waals surface area contributed by atoms with Crippen molar-refractivity contribution in [2.45, 2.75) is 198 Å². The summed E-state index contributed by atoms with van der Waals surface area (Å²) >= 11 is 0. The maximum absolute atomic E-state index is 13.6. The third-order valence-electron chi connectivity index (χ3n) is 15.4. The maximum Gasteiger partial charge on any atom is 0.329 e. The minimum absolute atomic E-state index is 0.00365. The number of hydrogen-bond acceptors (Lipinski definition) is 11. The molecule has 380 valence electrons. The number of nitrogens with one attached hydrogen (secondary N) is 1. The smallest absolute Gasteiger partial charge is 0.329 e. The Hall–Kier alpha value is -5.75. The lowest BCUT2D eigenvalue weighted by molar-refractivity contribution is -0.156. The van der Waals surface area contributed by atoms with Crippen LogP contribution in [-0.2, 0) is 56.2 Å². The highest BCUT2D eigenvalue weighted by molar-refractivity contribution is 6.00. The number of esters is 2. The van der Waals surface area contributed by atoms with Crippen LogP contribution >= 0.6 is 0 Å². The summed E-state index contributed by atoms with van der Waals surface area (Å²) in [5.74, 6) is 1.11. The van der Waals surface area contributed by atoms with Gasteiger partial charge in [-0.1, -0.05) is 113 Å². The van der Waals surface area contributed by atoms with Crippen LogP contribution < -0.4 is 5.32 Å². The zero-order valence-electron chi connectivity index (χ0n) is 41.5. The van der Waals surface area contributed by atoms with Gasteiger partial charge in [-0.15, -0.1) is 0 Å². The van der Waals surface area contributed by atoms with Crippen LogP contribution in [0, 0.1) is 29.8 Å². The SMILES string of the molecule is CC(=O)N1[C@H](C(=O)O)C[C@@H]2CCCC[C@@H]21.CC(=O)N1[C@H](C(=O)OCc2ccccc2)C[C@@H]2CCCC[C@@H]21.CCC[C@H](N[C@@H](C)C(=O)N1[C@H](C(=O)OCc2ccccc2)C[C@@H]2CCCC[C@@H]21)C(=O)C#CO. The molecule has 0 unspecified atom stereocenters. The third-order valence-corrected chi connectivity index (χ3v) is 15.4. The average molecular weight is 967 g/mol. The van der Waals surface area contributed by atoms with Crippen LogP contribution in [0.4, 0.5) is 0 Å². The number of aliphatic carboxylic acids is 1. The molecule has 70 heavy (non-hydrogen) atoms. The second-order valence-electron chi connectivity index (χ2n) is 20.0. The summed E-state index contributed by atoms with van der Waals surface area (Å²) in [7, 11) is 0. The van der Waals surface area contributed by atoms with Crippen molar-refractivity contribution in [3.8, 4) is 12.0 Å². The number of aliphatic hydroxyl groups excluding tert-OH is 1. The number of benzene rings is 2. The number of fused-ring (bicyclic) bond motifs is 3. The molecule has 15 heteroatoms. The highest BCUT2D eigenvalue weighted by Crippen LogP contribution is 2.42. The molecule has 3 heterocycles. The zero-order chi connectivity index (χ0) is 50.3. The van der Waals surface area contributed by atoms with Crippen LogP contribution in [0.15, 0.2) is 60.7 Å². The molecule has 8 rings (SSSR count). The first-order valence-corrected chi connectivity index (χ1v) is 25.7. The van der Waals surface area contributed by atoms with Gasteiger partial charge in [-0.25, -0.2) is 14.4 Å². The van der Waals surface area contributed by atoms with E-state index in [1.54, 1.807) is 34.7 Å². The van der Waals surface area contributed by atoms with Gasteiger partial charge in [0.1, 0.15) is 37.4 Å². The van der Waals surface area contributed by atoms with Gasteiger partial charge in [-0.3, -0.25) is 24.5 Å². The summed E-state index contributed by atoms with van der Waals surface area (Å²) in [6.45, 7) is 7.15. The van der Waals surface area contributed by atoms with Gasteiger partial charge in [-0.05, 0) is 100 Å². The fraction of sp³-hybridized carbons (Fsp3) is 0.618. The standard InChI is InChI=1S/C26H34N2O5.C18H23NO3.C11H17NO3/c1-3-9-21(24(30)14-15-29)27-18(2)25(31)28-22-13-8-7-12-20(22)16-23(28)26(32)33-17-19-10-5-4-6-11-19;1-13(20)19-16-10-6-5-9-15(16)11-17(19)18(21)22-12-14-7-3-2-4-8-14;1-7(13)12-9-5-3-2-4-8(9)6-10(12)11(14)15/h4-6,10-11,18,20-23,27,29H,3,7-9,12-13,16-17H2,1-2H3;2-4,7-8,15-17H,5-6,9-12H2,1H3;8-10H,2-6H2,1H3,(H,14,15)/t18-,20-,21-,22-,23-;15-,16-,17-;8-,9-,10-/m000/s1. The van der Waals surface area contributed by atoms with Crippen molar-refractivity contribution in [3.05, 3.63) is 71.8 Å². The first kappa shape index (κ1) is 53.6. The van der Waals surface area contributed by atoms with Crippen LogP contribution in [-0.4, -0.2) is 115 Å². The fourth-order valence-electron chi connectivity index (χ4n) is 12.2. The maximum atomic E-state index is 13.6. The van der Waals surface area contributed by atoms with E-state index in [4.69, 9.17) is 19.7 Å². The fourth-order valence-corrected chi connectivity index (χ4v) is 12.2. The Kier molecular flexibility index (Phi) is 19.8. The summed E-state index contributed by atoms with van der Waals surface area (Å²) in [6, 6.07) is 16.7. The molecule has 2 aromatic carbocycles. The van der Waals surface area contributed by atoms with E-state index in [-0.39, 0.29) is 66.9 Å². The molecular weight excluding hydrogens is 893 g/mol. The van der Waals surface area contributed by atoms with Crippen molar-refractivity contribution in [2.24, 2.45) is 17.8 Å². The molecule has 6 aliphatic rings. The summed E-state index contributed by atoms with van der Waals surface area (Å²) in [6.07, 6.45) is 17.8. The molecule has 0 aromatic heterocycles. The Morgan fingerprint density at radius 1 is 0.629 bits per heavy atom. The van der Waals surface area contributed by atoms with E-state index >= 15 is 0 Å². The Labute approximate surface area is 413 Å². The minimum Gasteiger partial charge on any atom is -0.480 e. The molecule has 6 fully saturated rings.